The van der Waals surface area contributed by atoms with Gasteiger partial charge in [-0.1, -0.05) is 37.3 Å². The van der Waals surface area contributed by atoms with Gasteiger partial charge in [0.2, 0.25) is 0 Å². The number of alkyl halides is 1. The minimum absolute atomic E-state index is 0.177. The highest BCUT2D eigenvalue weighted by Gasteiger charge is 2.40. The van der Waals surface area contributed by atoms with Crippen LogP contribution >= 0.6 is 11.6 Å². The Morgan fingerprint density at radius 3 is 2.56 bits per heavy atom. The lowest BCUT2D eigenvalue weighted by molar-refractivity contribution is 0.0422. The van der Waals surface area contributed by atoms with E-state index >= 15 is 0 Å². The van der Waals surface area contributed by atoms with E-state index in [1.54, 1.807) is 0 Å². The van der Waals surface area contributed by atoms with Crippen LogP contribution in [0, 0.1) is 11.3 Å². The Labute approximate surface area is 103 Å². The molecule has 1 aliphatic carbocycles. The molecule has 1 unspecified atom stereocenters. The number of halogens is 1. The van der Waals surface area contributed by atoms with E-state index in [0.29, 0.717) is 12.5 Å². The number of ether oxygens (including phenoxy) is 1. The smallest absolute Gasteiger partial charge is 0.0717 e. The molecular formula is C14H19ClO. The standard InChI is InChI=1S/C14H19ClO/c1-14(10-15,13-7-8-13)11-16-9-12-5-3-2-4-6-12/h2-6,13H,7-11H2,1H3. The first kappa shape index (κ1) is 11.9. The summed E-state index contributed by atoms with van der Waals surface area (Å²) < 4.78 is 5.79. The van der Waals surface area contributed by atoms with Gasteiger partial charge in [0.1, 0.15) is 0 Å². The van der Waals surface area contributed by atoms with Crippen LogP contribution in [-0.2, 0) is 11.3 Å². The molecule has 16 heavy (non-hydrogen) atoms. The molecule has 0 saturated heterocycles. The molecule has 1 aromatic rings. The second kappa shape index (κ2) is 5.20. The Hall–Kier alpha value is -0.530. The number of rotatable bonds is 6. The molecule has 1 fully saturated rings. The summed E-state index contributed by atoms with van der Waals surface area (Å²) in [5.74, 6) is 1.48. The van der Waals surface area contributed by atoms with Gasteiger partial charge in [0.05, 0.1) is 13.2 Å². The van der Waals surface area contributed by atoms with Crippen LogP contribution in [0.3, 0.4) is 0 Å². The third-order valence-corrected chi connectivity index (χ3v) is 4.02. The van der Waals surface area contributed by atoms with Gasteiger partial charge in [-0.2, -0.15) is 0 Å². The topological polar surface area (TPSA) is 9.23 Å². The average molecular weight is 239 g/mol. The van der Waals surface area contributed by atoms with E-state index in [1.807, 2.05) is 18.2 Å². The quantitative estimate of drug-likeness (QED) is 0.684. The highest BCUT2D eigenvalue weighted by Crippen LogP contribution is 2.46. The summed E-state index contributed by atoms with van der Waals surface area (Å²) >= 11 is 6.05. The van der Waals surface area contributed by atoms with E-state index in [1.165, 1.54) is 18.4 Å². The molecule has 0 radical (unpaired) electrons. The summed E-state index contributed by atoms with van der Waals surface area (Å²) in [6.07, 6.45) is 2.63. The fourth-order valence-electron chi connectivity index (χ4n) is 2.02. The molecule has 0 N–H and O–H groups in total. The van der Waals surface area contributed by atoms with Crippen molar-refractivity contribution in [2.75, 3.05) is 12.5 Å². The summed E-state index contributed by atoms with van der Waals surface area (Å²) in [5, 5.41) is 0. The van der Waals surface area contributed by atoms with E-state index in [4.69, 9.17) is 16.3 Å². The molecule has 1 saturated carbocycles. The highest BCUT2D eigenvalue weighted by atomic mass is 35.5. The van der Waals surface area contributed by atoms with Gasteiger partial charge in [0.15, 0.2) is 0 Å². The van der Waals surface area contributed by atoms with Gasteiger partial charge < -0.3 is 4.74 Å². The van der Waals surface area contributed by atoms with Gasteiger partial charge in [0, 0.05) is 11.3 Å². The second-order valence-electron chi connectivity index (χ2n) is 5.04. The van der Waals surface area contributed by atoms with Gasteiger partial charge in [-0.3, -0.25) is 0 Å². The van der Waals surface area contributed by atoms with Crippen molar-refractivity contribution in [3.8, 4) is 0 Å². The van der Waals surface area contributed by atoms with Crippen molar-refractivity contribution in [1.29, 1.82) is 0 Å². The molecule has 88 valence electrons. The molecule has 0 spiro atoms. The van der Waals surface area contributed by atoms with Crippen LogP contribution in [0.4, 0.5) is 0 Å². The van der Waals surface area contributed by atoms with Crippen molar-refractivity contribution in [3.63, 3.8) is 0 Å². The molecule has 1 aromatic carbocycles. The Morgan fingerprint density at radius 2 is 2.00 bits per heavy atom. The van der Waals surface area contributed by atoms with Gasteiger partial charge >= 0.3 is 0 Å². The van der Waals surface area contributed by atoms with Crippen LogP contribution in [0.5, 0.6) is 0 Å². The van der Waals surface area contributed by atoms with Crippen LogP contribution in [0.2, 0.25) is 0 Å². The van der Waals surface area contributed by atoms with E-state index in [2.05, 4.69) is 19.1 Å². The zero-order chi connectivity index (χ0) is 11.4. The fourth-order valence-corrected chi connectivity index (χ4v) is 2.32. The third kappa shape index (κ3) is 2.99. The van der Waals surface area contributed by atoms with Crippen molar-refractivity contribution in [2.24, 2.45) is 11.3 Å². The van der Waals surface area contributed by atoms with E-state index < -0.39 is 0 Å². The van der Waals surface area contributed by atoms with Crippen LogP contribution in [0.25, 0.3) is 0 Å². The van der Waals surface area contributed by atoms with Crippen LogP contribution in [-0.4, -0.2) is 12.5 Å². The molecule has 0 bridgehead atoms. The van der Waals surface area contributed by atoms with Crippen LogP contribution < -0.4 is 0 Å². The SMILES string of the molecule is CC(CCl)(COCc1ccccc1)C1CC1. The molecule has 2 heteroatoms. The molecule has 1 aliphatic rings. The van der Waals surface area contributed by atoms with Crippen LogP contribution in [0.1, 0.15) is 25.3 Å². The molecule has 1 atom stereocenters. The Balaban J connectivity index is 1.79. The minimum Gasteiger partial charge on any atom is -0.376 e. The summed E-state index contributed by atoms with van der Waals surface area (Å²) in [7, 11) is 0. The van der Waals surface area contributed by atoms with Crippen molar-refractivity contribution >= 4 is 11.6 Å². The monoisotopic (exact) mass is 238 g/mol. The van der Waals surface area contributed by atoms with E-state index in [9.17, 15) is 0 Å². The number of hydrogen-bond acceptors (Lipinski definition) is 1. The number of hydrogen-bond donors (Lipinski definition) is 0. The molecule has 2 rings (SSSR count). The highest BCUT2D eigenvalue weighted by molar-refractivity contribution is 6.18. The maximum absolute atomic E-state index is 6.05. The third-order valence-electron chi connectivity index (χ3n) is 3.41. The van der Waals surface area contributed by atoms with Crippen LogP contribution in [0.15, 0.2) is 30.3 Å². The molecular weight excluding hydrogens is 220 g/mol. The first-order chi connectivity index (χ1) is 7.74. The Kier molecular flexibility index (Phi) is 3.88. The predicted molar refractivity (Wildman–Crippen MR) is 67.6 cm³/mol. The first-order valence-corrected chi connectivity index (χ1v) is 6.46. The minimum atomic E-state index is 0.177. The zero-order valence-electron chi connectivity index (χ0n) is 9.79. The first-order valence-electron chi connectivity index (χ1n) is 5.92. The lowest BCUT2D eigenvalue weighted by Gasteiger charge is -2.26. The van der Waals surface area contributed by atoms with E-state index in [0.717, 1.165) is 12.5 Å². The molecule has 1 nitrogen and oxygen atoms in total. The largest absolute Gasteiger partial charge is 0.376 e. The summed E-state index contributed by atoms with van der Waals surface area (Å²) in [5.41, 5.74) is 1.41. The second-order valence-corrected chi connectivity index (χ2v) is 5.31. The van der Waals surface area contributed by atoms with Gasteiger partial charge in [0.25, 0.3) is 0 Å². The maximum Gasteiger partial charge on any atom is 0.0717 e. The molecule has 0 aliphatic heterocycles. The normalized spacial score (nSPS) is 19.4. The van der Waals surface area contributed by atoms with Crippen molar-refractivity contribution in [1.82, 2.24) is 0 Å². The van der Waals surface area contributed by atoms with Crippen molar-refractivity contribution in [2.45, 2.75) is 26.4 Å². The van der Waals surface area contributed by atoms with Crippen molar-refractivity contribution < 1.29 is 4.74 Å². The molecule has 0 amide bonds. The Bertz CT molecular complexity index is 321. The zero-order valence-corrected chi connectivity index (χ0v) is 10.5. The maximum atomic E-state index is 6.05. The Morgan fingerprint density at radius 1 is 1.31 bits per heavy atom. The molecule has 0 aromatic heterocycles. The lowest BCUT2D eigenvalue weighted by atomic mass is 9.88. The predicted octanol–water partition coefficient (Wildman–Crippen LogP) is 3.86. The summed E-state index contributed by atoms with van der Waals surface area (Å²) in [6, 6.07) is 10.3. The summed E-state index contributed by atoms with van der Waals surface area (Å²) in [4.78, 5) is 0. The van der Waals surface area contributed by atoms with E-state index in [-0.39, 0.29) is 5.41 Å². The lowest BCUT2D eigenvalue weighted by Crippen LogP contribution is -2.27. The van der Waals surface area contributed by atoms with Gasteiger partial charge in [-0.15, -0.1) is 11.6 Å². The van der Waals surface area contributed by atoms with Gasteiger partial charge in [-0.05, 0) is 24.3 Å². The molecule has 0 heterocycles. The summed E-state index contributed by atoms with van der Waals surface area (Å²) in [6.45, 7) is 3.71. The number of benzene rings is 1. The van der Waals surface area contributed by atoms with Crippen molar-refractivity contribution in [3.05, 3.63) is 35.9 Å². The van der Waals surface area contributed by atoms with Gasteiger partial charge in [-0.25, -0.2) is 0 Å². The fraction of sp³-hybridized carbons (Fsp3) is 0.571. The average Bonchev–Trinajstić information content (AvgIpc) is 3.14.